The summed E-state index contributed by atoms with van der Waals surface area (Å²) in [5.41, 5.74) is 0.0123. The van der Waals surface area contributed by atoms with Crippen molar-refractivity contribution in [2.75, 3.05) is 0 Å². The van der Waals surface area contributed by atoms with E-state index in [0.717, 1.165) is 10.9 Å². The second kappa shape index (κ2) is 2.57. The van der Waals surface area contributed by atoms with Gasteiger partial charge in [0.25, 0.3) is 0 Å². The normalized spacial score (nSPS) is 12.2. The van der Waals surface area contributed by atoms with Crippen molar-refractivity contribution in [3.8, 4) is 0 Å². The standard InChI is InChI=1S/C10H12N2O/c1-10(2,13)12-9-6-4-3-5-8(9)7-11-12/h3-7,13H,1-2H3. The molecule has 1 aromatic carbocycles. The number of benzene rings is 1. The topological polar surface area (TPSA) is 38.0 Å². The second-order valence-electron chi connectivity index (χ2n) is 3.61. The van der Waals surface area contributed by atoms with Gasteiger partial charge in [-0.15, -0.1) is 0 Å². The van der Waals surface area contributed by atoms with Crippen molar-refractivity contribution in [3.05, 3.63) is 30.5 Å². The van der Waals surface area contributed by atoms with E-state index in [1.54, 1.807) is 24.7 Å². The molecular weight excluding hydrogens is 164 g/mol. The first kappa shape index (κ1) is 8.26. The van der Waals surface area contributed by atoms with Gasteiger partial charge in [-0.3, -0.25) is 0 Å². The van der Waals surface area contributed by atoms with Crippen molar-refractivity contribution in [2.24, 2.45) is 0 Å². The molecule has 2 aromatic rings. The van der Waals surface area contributed by atoms with Gasteiger partial charge in [-0.1, -0.05) is 18.2 Å². The van der Waals surface area contributed by atoms with E-state index in [0.29, 0.717) is 0 Å². The van der Waals surface area contributed by atoms with Gasteiger partial charge in [-0.05, 0) is 19.9 Å². The van der Waals surface area contributed by atoms with Gasteiger partial charge >= 0.3 is 0 Å². The fourth-order valence-electron chi connectivity index (χ4n) is 1.41. The minimum absolute atomic E-state index is 0.941. The van der Waals surface area contributed by atoms with Crippen molar-refractivity contribution in [1.29, 1.82) is 0 Å². The fourth-order valence-corrected chi connectivity index (χ4v) is 1.41. The SMILES string of the molecule is CC(C)(O)n1ncc2ccccc21. The number of nitrogens with zero attached hydrogens (tertiary/aromatic N) is 2. The largest absolute Gasteiger partial charge is 0.370 e. The average molecular weight is 176 g/mol. The maximum atomic E-state index is 9.78. The Morgan fingerprint density at radius 2 is 2.00 bits per heavy atom. The molecule has 0 unspecified atom stereocenters. The maximum absolute atomic E-state index is 9.78. The van der Waals surface area contributed by atoms with Crippen molar-refractivity contribution in [2.45, 2.75) is 19.6 Å². The monoisotopic (exact) mass is 176 g/mol. The highest BCUT2D eigenvalue weighted by molar-refractivity contribution is 5.78. The lowest BCUT2D eigenvalue weighted by Gasteiger charge is -2.18. The third-order valence-electron chi connectivity index (χ3n) is 2.00. The molecule has 1 heterocycles. The Hall–Kier alpha value is -1.35. The molecule has 0 aliphatic carbocycles. The maximum Gasteiger partial charge on any atom is 0.152 e. The van der Waals surface area contributed by atoms with Gasteiger partial charge in [0.15, 0.2) is 5.72 Å². The van der Waals surface area contributed by atoms with Crippen molar-refractivity contribution in [1.82, 2.24) is 9.78 Å². The third kappa shape index (κ3) is 1.31. The van der Waals surface area contributed by atoms with Crippen LogP contribution in [0.25, 0.3) is 10.9 Å². The molecule has 0 fully saturated rings. The Kier molecular flexibility index (Phi) is 1.63. The molecule has 68 valence electrons. The number of hydrogen-bond donors (Lipinski definition) is 1. The van der Waals surface area contributed by atoms with Gasteiger partial charge < -0.3 is 5.11 Å². The van der Waals surface area contributed by atoms with Crippen LogP contribution in [0.2, 0.25) is 0 Å². The van der Waals surface area contributed by atoms with Gasteiger partial charge in [-0.25, -0.2) is 4.68 Å². The van der Waals surface area contributed by atoms with E-state index in [1.807, 2.05) is 24.3 Å². The molecule has 0 radical (unpaired) electrons. The van der Waals surface area contributed by atoms with E-state index < -0.39 is 5.72 Å². The van der Waals surface area contributed by atoms with E-state index >= 15 is 0 Å². The molecule has 0 aliphatic rings. The van der Waals surface area contributed by atoms with Gasteiger partial charge in [0, 0.05) is 5.39 Å². The van der Waals surface area contributed by atoms with E-state index in [1.165, 1.54) is 0 Å². The molecule has 0 amide bonds. The Bertz CT molecular complexity index is 426. The van der Waals surface area contributed by atoms with Crippen molar-refractivity contribution >= 4 is 10.9 Å². The van der Waals surface area contributed by atoms with Gasteiger partial charge in [0.1, 0.15) is 0 Å². The third-order valence-corrected chi connectivity index (χ3v) is 2.00. The molecule has 0 spiro atoms. The molecule has 0 atom stereocenters. The molecule has 0 bridgehead atoms. The Morgan fingerprint density at radius 1 is 1.31 bits per heavy atom. The van der Waals surface area contributed by atoms with Gasteiger partial charge in [0.2, 0.25) is 0 Å². The Morgan fingerprint density at radius 3 is 2.69 bits per heavy atom. The number of fused-ring (bicyclic) bond motifs is 1. The zero-order chi connectivity index (χ0) is 9.47. The summed E-state index contributed by atoms with van der Waals surface area (Å²) in [6.07, 6.45) is 1.76. The fraction of sp³-hybridized carbons (Fsp3) is 0.300. The highest BCUT2D eigenvalue weighted by Gasteiger charge is 2.17. The van der Waals surface area contributed by atoms with Crippen LogP contribution in [0.15, 0.2) is 30.5 Å². The quantitative estimate of drug-likeness (QED) is 0.718. The molecule has 1 N–H and O–H groups in total. The van der Waals surface area contributed by atoms with Crippen molar-refractivity contribution in [3.63, 3.8) is 0 Å². The second-order valence-corrected chi connectivity index (χ2v) is 3.61. The summed E-state index contributed by atoms with van der Waals surface area (Å²) in [5.74, 6) is 0. The van der Waals surface area contributed by atoms with E-state index in [-0.39, 0.29) is 0 Å². The number of rotatable bonds is 1. The van der Waals surface area contributed by atoms with Crippen LogP contribution < -0.4 is 0 Å². The zero-order valence-corrected chi connectivity index (χ0v) is 7.73. The van der Waals surface area contributed by atoms with Gasteiger partial charge in [-0.2, -0.15) is 5.10 Å². The van der Waals surface area contributed by atoms with Crippen LogP contribution in [0.4, 0.5) is 0 Å². The van der Waals surface area contributed by atoms with E-state index in [9.17, 15) is 5.11 Å². The molecule has 3 heteroatoms. The summed E-state index contributed by atoms with van der Waals surface area (Å²) in [6, 6.07) is 7.82. The number of para-hydroxylation sites is 1. The Balaban J connectivity index is 2.72. The number of aromatic nitrogens is 2. The van der Waals surface area contributed by atoms with Crippen LogP contribution in [0.5, 0.6) is 0 Å². The molecular formula is C10H12N2O. The van der Waals surface area contributed by atoms with Crippen molar-refractivity contribution < 1.29 is 5.11 Å². The van der Waals surface area contributed by atoms with E-state index in [2.05, 4.69) is 5.10 Å². The lowest BCUT2D eigenvalue weighted by Crippen LogP contribution is -2.26. The minimum atomic E-state index is -0.941. The summed E-state index contributed by atoms with van der Waals surface area (Å²) in [4.78, 5) is 0. The molecule has 2 rings (SSSR count). The van der Waals surface area contributed by atoms with Gasteiger partial charge in [0.05, 0.1) is 11.7 Å². The first-order valence-corrected chi connectivity index (χ1v) is 4.25. The lowest BCUT2D eigenvalue weighted by atomic mass is 10.2. The van der Waals surface area contributed by atoms with Crippen LogP contribution in [-0.4, -0.2) is 14.9 Å². The van der Waals surface area contributed by atoms with Crippen LogP contribution in [-0.2, 0) is 5.72 Å². The highest BCUT2D eigenvalue weighted by Crippen LogP contribution is 2.19. The molecule has 0 saturated carbocycles. The number of hydrogen-bond acceptors (Lipinski definition) is 2. The summed E-state index contributed by atoms with van der Waals surface area (Å²) in [7, 11) is 0. The molecule has 0 saturated heterocycles. The van der Waals surface area contributed by atoms with Crippen LogP contribution >= 0.6 is 0 Å². The van der Waals surface area contributed by atoms with Crippen LogP contribution in [0, 0.1) is 0 Å². The average Bonchev–Trinajstić information content (AvgIpc) is 2.45. The molecule has 0 aliphatic heterocycles. The predicted molar refractivity (Wildman–Crippen MR) is 51.3 cm³/mol. The zero-order valence-electron chi connectivity index (χ0n) is 7.73. The molecule has 13 heavy (non-hydrogen) atoms. The minimum Gasteiger partial charge on any atom is -0.370 e. The summed E-state index contributed by atoms with van der Waals surface area (Å²) < 4.78 is 1.61. The summed E-state index contributed by atoms with van der Waals surface area (Å²) in [5, 5.41) is 15.0. The summed E-state index contributed by atoms with van der Waals surface area (Å²) in [6.45, 7) is 3.43. The molecule has 3 nitrogen and oxygen atoms in total. The predicted octanol–water partition coefficient (Wildman–Crippen LogP) is 1.72. The summed E-state index contributed by atoms with van der Waals surface area (Å²) >= 11 is 0. The van der Waals surface area contributed by atoms with Crippen LogP contribution in [0.3, 0.4) is 0 Å². The number of aliphatic hydroxyl groups is 1. The van der Waals surface area contributed by atoms with E-state index in [4.69, 9.17) is 0 Å². The van der Waals surface area contributed by atoms with Crippen LogP contribution in [0.1, 0.15) is 13.8 Å². The lowest BCUT2D eigenvalue weighted by molar-refractivity contribution is -0.00590. The first-order valence-electron chi connectivity index (χ1n) is 4.25. The highest BCUT2D eigenvalue weighted by atomic mass is 16.3. The molecule has 1 aromatic heterocycles. The first-order chi connectivity index (χ1) is 6.09. The smallest absolute Gasteiger partial charge is 0.152 e. The Labute approximate surface area is 76.6 Å².